The van der Waals surface area contributed by atoms with Crippen LogP contribution in [0.4, 0.5) is 0 Å². The molecule has 0 aromatic carbocycles. The summed E-state index contributed by atoms with van der Waals surface area (Å²) in [5.74, 6) is -2.20. The van der Waals surface area contributed by atoms with Crippen molar-refractivity contribution >= 4 is 11.8 Å². The zero-order valence-corrected chi connectivity index (χ0v) is 5.56. The van der Waals surface area contributed by atoms with Gasteiger partial charge in [-0.15, -0.1) is 0 Å². The van der Waals surface area contributed by atoms with Gasteiger partial charge in [-0.05, 0) is 0 Å². The molecule has 2 amide bonds. The molecule has 0 aliphatic carbocycles. The first-order valence-electron chi connectivity index (χ1n) is 1.24. The molecule has 0 saturated carbocycles. The second-order valence-corrected chi connectivity index (χ2v) is 0.729. The van der Waals surface area contributed by atoms with Crippen molar-refractivity contribution < 1.29 is 30.7 Å². The number of carbonyl (C=O) groups is 2. The van der Waals surface area contributed by atoms with Crippen LogP contribution in [0.25, 0.3) is 0 Å². The maximum Gasteiger partial charge on any atom is 0.306 e. The molecule has 0 bridgehead atoms. The van der Waals surface area contributed by atoms with Crippen LogP contribution in [0.1, 0.15) is 0 Å². The molecule has 4 nitrogen and oxygen atoms in total. The van der Waals surface area contributed by atoms with Crippen LogP contribution in [0.5, 0.6) is 0 Å². The van der Waals surface area contributed by atoms with Gasteiger partial charge in [-0.3, -0.25) is 9.59 Å². The minimum Gasteiger partial charge on any atom is -0.361 e. The summed E-state index contributed by atoms with van der Waals surface area (Å²) >= 11 is 0. The Morgan fingerprint density at radius 3 is 1.14 bits per heavy atom. The third-order valence-corrected chi connectivity index (χ3v) is 0.243. The van der Waals surface area contributed by atoms with E-state index in [9.17, 15) is 9.59 Å². The predicted molar refractivity (Wildman–Crippen MR) is 18.4 cm³/mol. The van der Waals surface area contributed by atoms with E-state index in [0.717, 1.165) is 0 Å². The number of nitrogens with two attached hydrogens (primary N) is 2. The van der Waals surface area contributed by atoms with Crippen LogP contribution in [0.15, 0.2) is 0 Å². The van der Waals surface area contributed by atoms with E-state index in [4.69, 9.17) is 0 Å². The molecule has 0 aliphatic heterocycles. The van der Waals surface area contributed by atoms with Gasteiger partial charge in [-0.25, -0.2) is 0 Å². The van der Waals surface area contributed by atoms with Crippen molar-refractivity contribution in [3.05, 3.63) is 0 Å². The average Bonchev–Trinajstić information content (AvgIpc) is 1.36. The van der Waals surface area contributed by atoms with Gasteiger partial charge in [0.1, 0.15) is 0 Å². The van der Waals surface area contributed by atoms with Crippen molar-refractivity contribution in [3.63, 3.8) is 0 Å². The summed E-state index contributed by atoms with van der Waals surface area (Å²) in [4.78, 5) is 18.9. The van der Waals surface area contributed by atoms with Crippen molar-refractivity contribution in [2.45, 2.75) is 0 Å². The Morgan fingerprint density at radius 2 is 1.14 bits per heavy atom. The fourth-order valence-corrected chi connectivity index (χ4v) is 0. The molecular weight excluding hydrogens is 279 g/mol. The van der Waals surface area contributed by atoms with Gasteiger partial charge in [0.2, 0.25) is 0 Å². The Balaban J connectivity index is 0. The minimum atomic E-state index is -1.10. The van der Waals surface area contributed by atoms with Crippen LogP contribution in [0.2, 0.25) is 0 Å². The molecule has 0 spiro atoms. The molecule has 0 atom stereocenters. The molecule has 5 heteroatoms. The van der Waals surface area contributed by atoms with Crippen LogP contribution < -0.4 is 11.5 Å². The van der Waals surface area contributed by atoms with Gasteiger partial charge in [0, 0.05) is 21.1 Å². The minimum absolute atomic E-state index is 0. The standard InChI is InChI=1S/C2H4N2O2.Pt/c3-1(5)2(4)6;/h(H2,3,5)(H2,4,6);. The third kappa shape index (κ3) is 5.63. The van der Waals surface area contributed by atoms with Gasteiger partial charge in [0.15, 0.2) is 0 Å². The number of amides is 2. The summed E-state index contributed by atoms with van der Waals surface area (Å²) in [6.45, 7) is 0. The molecular formula is C2H4N2O2Pt. The zero-order valence-electron chi connectivity index (χ0n) is 3.29. The van der Waals surface area contributed by atoms with Crippen LogP contribution in [0, 0.1) is 0 Å². The molecule has 0 unspecified atom stereocenters. The summed E-state index contributed by atoms with van der Waals surface area (Å²) in [5.41, 5.74) is 8.64. The molecule has 0 aromatic heterocycles. The topological polar surface area (TPSA) is 86.2 Å². The summed E-state index contributed by atoms with van der Waals surface area (Å²) in [6.07, 6.45) is 0. The van der Waals surface area contributed by atoms with Gasteiger partial charge in [-0.1, -0.05) is 0 Å². The third-order valence-electron chi connectivity index (χ3n) is 0.243. The molecule has 44 valence electrons. The van der Waals surface area contributed by atoms with E-state index in [1.54, 1.807) is 0 Å². The van der Waals surface area contributed by atoms with Crippen LogP contribution in [-0.2, 0) is 30.7 Å². The number of primary amides is 2. The van der Waals surface area contributed by atoms with E-state index in [1.165, 1.54) is 0 Å². The van der Waals surface area contributed by atoms with E-state index in [-0.39, 0.29) is 21.1 Å². The Morgan fingerprint density at radius 1 is 1.00 bits per heavy atom. The first-order valence-corrected chi connectivity index (χ1v) is 1.24. The maximum atomic E-state index is 9.45. The van der Waals surface area contributed by atoms with Crippen molar-refractivity contribution in [1.29, 1.82) is 0 Å². The van der Waals surface area contributed by atoms with Crippen LogP contribution in [-0.4, -0.2) is 11.8 Å². The Bertz CT molecular complexity index is 79.7. The number of hydrogen-bond acceptors (Lipinski definition) is 2. The second-order valence-electron chi connectivity index (χ2n) is 0.729. The number of rotatable bonds is 0. The van der Waals surface area contributed by atoms with E-state index in [2.05, 4.69) is 11.5 Å². The number of hydrogen-bond donors (Lipinski definition) is 2. The molecule has 0 aromatic rings. The van der Waals surface area contributed by atoms with E-state index in [1.807, 2.05) is 0 Å². The van der Waals surface area contributed by atoms with Crippen LogP contribution in [0.3, 0.4) is 0 Å². The molecule has 0 radical (unpaired) electrons. The normalized spacial score (nSPS) is 6.29. The summed E-state index contributed by atoms with van der Waals surface area (Å²) < 4.78 is 0. The molecule has 0 heterocycles. The molecule has 0 saturated heterocycles. The molecule has 0 rings (SSSR count). The van der Waals surface area contributed by atoms with E-state index < -0.39 is 11.8 Å². The SMILES string of the molecule is NC(=O)C(N)=O.[Pt]. The maximum absolute atomic E-state index is 9.45. The molecule has 4 N–H and O–H groups in total. The molecule has 7 heavy (non-hydrogen) atoms. The predicted octanol–water partition coefficient (Wildman–Crippen LogP) is -2.05. The second kappa shape index (κ2) is 3.81. The Kier molecular flexibility index (Phi) is 5.33. The molecule has 0 fully saturated rings. The van der Waals surface area contributed by atoms with Gasteiger partial charge in [0.05, 0.1) is 0 Å². The average molecular weight is 283 g/mol. The molecule has 0 aliphatic rings. The van der Waals surface area contributed by atoms with Crippen LogP contribution >= 0.6 is 0 Å². The monoisotopic (exact) mass is 283 g/mol. The van der Waals surface area contributed by atoms with Crippen molar-refractivity contribution in [2.75, 3.05) is 0 Å². The van der Waals surface area contributed by atoms with Gasteiger partial charge >= 0.3 is 11.8 Å². The van der Waals surface area contributed by atoms with Gasteiger partial charge < -0.3 is 11.5 Å². The van der Waals surface area contributed by atoms with Gasteiger partial charge in [0.25, 0.3) is 0 Å². The number of carbonyl (C=O) groups excluding carboxylic acids is 2. The van der Waals surface area contributed by atoms with E-state index in [0.29, 0.717) is 0 Å². The quantitative estimate of drug-likeness (QED) is 0.502. The Labute approximate surface area is 54.5 Å². The first-order chi connectivity index (χ1) is 2.64. The summed E-state index contributed by atoms with van der Waals surface area (Å²) in [6, 6.07) is 0. The fraction of sp³-hybridized carbons (Fsp3) is 0. The first kappa shape index (κ1) is 9.80. The van der Waals surface area contributed by atoms with E-state index >= 15 is 0 Å². The zero-order chi connectivity index (χ0) is 5.15. The van der Waals surface area contributed by atoms with Crippen molar-refractivity contribution in [2.24, 2.45) is 11.5 Å². The summed E-state index contributed by atoms with van der Waals surface area (Å²) in [5, 5.41) is 0. The largest absolute Gasteiger partial charge is 0.361 e. The van der Waals surface area contributed by atoms with Crippen molar-refractivity contribution in [1.82, 2.24) is 0 Å². The fourth-order valence-electron chi connectivity index (χ4n) is 0. The van der Waals surface area contributed by atoms with Gasteiger partial charge in [-0.2, -0.15) is 0 Å². The van der Waals surface area contributed by atoms with Crippen molar-refractivity contribution in [3.8, 4) is 0 Å². The smallest absolute Gasteiger partial charge is 0.306 e. The Hall–Kier alpha value is -0.372. The summed E-state index contributed by atoms with van der Waals surface area (Å²) in [7, 11) is 0.